The molecule has 4 aromatic carbocycles. The van der Waals surface area contributed by atoms with E-state index in [1.165, 1.54) is 24.3 Å². The Morgan fingerprint density at radius 3 is 2.26 bits per heavy atom. The summed E-state index contributed by atoms with van der Waals surface area (Å²) in [5.41, 5.74) is 8.77. The lowest BCUT2D eigenvalue weighted by Crippen LogP contribution is -2.45. The molecule has 0 spiro atoms. The summed E-state index contributed by atoms with van der Waals surface area (Å²) in [7, 11) is 0. The Morgan fingerprint density at radius 1 is 0.851 bits per heavy atom. The van der Waals surface area contributed by atoms with Gasteiger partial charge < -0.3 is 36.3 Å². The predicted molar refractivity (Wildman–Crippen MR) is 179 cm³/mol. The molecule has 12 heteroatoms. The molecule has 11 nitrogen and oxygen atoms in total. The van der Waals surface area contributed by atoms with Gasteiger partial charge in [-0.15, -0.1) is 0 Å². The zero-order chi connectivity index (χ0) is 33.9. The van der Waals surface area contributed by atoms with Crippen LogP contribution in [0.2, 0.25) is 5.02 Å². The minimum absolute atomic E-state index is 0.101. The quantitative estimate of drug-likeness (QED) is 0.117. The fourth-order valence-electron chi connectivity index (χ4n) is 4.46. The first-order chi connectivity index (χ1) is 22.5. The van der Waals surface area contributed by atoms with E-state index >= 15 is 0 Å². The molecule has 0 aromatic heterocycles. The summed E-state index contributed by atoms with van der Waals surface area (Å²) >= 11 is 5.96. The van der Waals surface area contributed by atoms with Crippen molar-refractivity contribution >= 4 is 46.7 Å². The molecule has 0 aliphatic heterocycles. The Balaban J connectivity index is 1.53. The first-order valence-electron chi connectivity index (χ1n) is 14.7. The third kappa shape index (κ3) is 10.2. The number of carboxylic acids is 1. The van der Waals surface area contributed by atoms with Gasteiger partial charge in [0.25, 0.3) is 11.8 Å². The van der Waals surface area contributed by atoms with Gasteiger partial charge in [-0.2, -0.15) is 0 Å². The maximum atomic E-state index is 13.7. The van der Waals surface area contributed by atoms with Crippen LogP contribution in [0.5, 0.6) is 11.5 Å². The summed E-state index contributed by atoms with van der Waals surface area (Å²) in [6.07, 6.45) is -0.143. The molecule has 0 fully saturated rings. The summed E-state index contributed by atoms with van der Waals surface area (Å²) < 4.78 is 11.7. The Hall–Kier alpha value is -5.55. The number of hydrogen-bond acceptors (Lipinski definition) is 7. The number of nitrogens with one attached hydrogen (secondary N) is 3. The lowest BCUT2D eigenvalue weighted by molar-refractivity contribution is -0.135. The number of aliphatic carboxylic acids is 1. The van der Waals surface area contributed by atoms with Crippen LogP contribution in [0.4, 0.5) is 11.4 Å². The first-order valence-corrected chi connectivity index (χ1v) is 15.1. The Kier molecular flexibility index (Phi) is 11.8. The first kappa shape index (κ1) is 34.3. The summed E-state index contributed by atoms with van der Waals surface area (Å²) in [6.45, 7) is 3.17. The fraction of sp³-hybridized carbons (Fsp3) is 0.200. The van der Waals surface area contributed by atoms with E-state index in [1.807, 2.05) is 42.5 Å². The molecule has 0 heterocycles. The molecule has 3 amide bonds. The van der Waals surface area contributed by atoms with Gasteiger partial charge in [0.05, 0.1) is 17.4 Å². The molecule has 6 N–H and O–H groups in total. The van der Waals surface area contributed by atoms with Gasteiger partial charge in [0.2, 0.25) is 5.91 Å². The number of benzene rings is 4. The van der Waals surface area contributed by atoms with Crippen molar-refractivity contribution < 1.29 is 33.8 Å². The van der Waals surface area contributed by atoms with Crippen LogP contribution in [-0.4, -0.2) is 47.5 Å². The number of carbonyl (C=O) groups excluding carboxylic acids is 3. The molecule has 0 bridgehead atoms. The molecular weight excluding hydrogens is 624 g/mol. The van der Waals surface area contributed by atoms with E-state index in [0.717, 1.165) is 11.1 Å². The van der Waals surface area contributed by atoms with Crippen molar-refractivity contribution in [2.24, 2.45) is 0 Å². The standard InChI is InChI=1S/C35H35ClN4O7/c1-21(2)47-30-18-26(13-14-27(30)34(44)38-19-32(41)42)39-35(45)29(16-22-6-4-3-5-7-22)40-33(43)24-10-15-28(37)31(17-24)46-20-23-8-11-25(36)12-9-23/h3-15,17-18,21,29H,16,19-20,37H2,1-2H3,(H,38,44)(H,39,45)(H,40,43)(H,41,42)/t29-/m0/s1. The predicted octanol–water partition coefficient (Wildman–Crippen LogP) is 5.08. The van der Waals surface area contributed by atoms with Gasteiger partial charge in [-0.1, -0.05) is 54.1 Å². The van der Waals surface area contributed by atoms with Gasteiger partial charge in [0.1, 0.15) is 30.7 Å². The highest BCUT2D eigenvalue weighted by Crippen LogP contribution is 2.26. The van der Waals surface area contributed by atoms with Crippen LogP contribution in [0.1, 0.15) is 45.7 Å². The average molecular weight is 659 g/mol. The van der Waals surface area contributed by atoms with Crippen LogP contribution in [0.15, 0.2) is 91.0 Å². The zero-order valence-electron chi connectivity index (χ0n) is 25.8. The maximum absolute atomic E-state index is 13.7. The molecule has 47 heavy (non-hydrogen) atoms. The molecule has 0 saturated carbocycles. The average Bonchev–Trinajstić information content (AvgIpc) is 3.04. The Labute approximate surface area is 277 Å². The molecule has 4 aromatic rings. The zero-order valence-corrected chi connectivity index (χ0v) is 26.5. The second-order valence-electron chi connectivity index (χ2n) is 10.8. The lowest BCUT2D eigenvalue weighted by Gasteiger charge is -2.20. The number of amides is 3. The second-order valence-corrected chi connectivity index (χ2v) is 11.3. The third-order valence-electron chi connectivity index (χ3n) is 6.74. The summed E-state index contributed by atoms with van der Waals surface area (Å²) in [6, 6.07) is 24.3. The van der Waals surface area contributed by atoms with Crippen molar-refractivity contribution in [1.29, 1.82) is 0 Å². The van der Waals surface area contributed by atoms with Crippen LogP contribution >= 0.6 is 11.6 Å². The topological polar surface area (TPSA) is 169 Å². The smallest absolute Gasteiger partial charge is 0.322 e. The van der Waals surface area contributed by atoms with Gasteiger partial charge >= 0.3 is 5.97 Å². The number of anilines is 2. The van der Waals surface area contributed by atoms with Gasteiger partial charge in [0.15, 0.2) is 0 Å². The largest absolute Gasteiger partial charge is 0.490 e. The van der Waals surface area contributed by atoms with E-state index in [-0.39, 0.29) is 36.0 Å². The molecule has 0 unspecified atom stereocenters. The number of hydrogen-bond donors (Lipinski definition) is 5. The van der Waals surface area contributed by atoms with Gasteiger partial charge in [-0.3, -0.25) is 19.2 Å². The fourth-order valence-corrected chi connectivity index (χ4v) is 4.59. The van der Waals surface area contributed by atoms with Crippen molar-refractivity contribution in [3.63, 3.8) is 0 Å². The van der Waals surface area contributed by atoms with Crippen molar-refractivity contribution in [3.8, 4) is 11.5 Å². The number of carboxylic acid groups (broad SMARTS) is 1. The van der Waals surface area contributed by atoms with Gasteiger partial charge in [-0.05, 0) is 67.4 Å². The van der Waals surface area contributed by atoms with E-state index in [1.54, 1.807) is 38.1 Å². The number of rotatable bonds is 14. The summed E-state index contributed by atoms with van der Waals surface area (Å²) in [5, 5.41) is 17.4. The number of ether oxygens (including phenoxy) is 2. The lowest BCUT2D eigenvalue weighted by atomic mass is 10.0. The molecule has 0 saturated heterocycles. The molecule has 244 valence electrons. The van der Waals surface area contributed by atoms with Crippen LogP contribution in [0.25, 0.3) is 0 Å². The van der Waals surface area contributed by atoms with E-state index in [9.17, 15) is 19.2 Å². The van der Waals surface area contributed by atoms with Crippen molar-refractivity contribution in [3.05, 3.63) is 118 Å². The highest BCUT2D eigenvalue weighted by Gasteiger charge is 2.24. The van der Waals surface area contributed by atoms with E-state index in [4.69, 9.17) is 31.9 Å². The van der Waals surface area contributed by atoms with E-state index in [2.05, 4.69) is 16.0 Å². The summed E-state index contributed by atoms with van der Waals surface area (Å²) in [5.74, 6) is -2.42. The van der Waals surface area contributed by atoms with Crippen LogP contribution in [0, 0.1) is 0 Å². The molecule has 0 radical (unpaired) electrons. The molecular formula is C35H35ClN4O7. The Bertz CT molecular complexity index is 1730. The monoisotopic (exact) mass is 658 g/mol. The molecule has 4 rings (SSSR count). The van der Waals surface area contributed by atoms with Crippen molar-refractivity contribution in [2.75, 3.05) is 17.6 Å². The summed E-state index contributed by atoms with van der Waals surface area (Å²) in [4.78, 5) is 50.7. The van der Waals surface area contributed by atoms with Crippen LogP contribution < -0.4 is 31.2 Å². The van der Waals surface area contributed by atoms with Gasteiger partial charge in [-0.25, -0.2) is 0 Å². The molecule has 0 aliphatic carbocycles. The minimum atomic E-state index is -1.19. The van der Waals surface area contributed by atoms with E-state index < -0.39 is 36.3 Å². The number of carbonyl (C=O) groups is 4. The number of halogens is 1. The number of nitrogen functional groups attached to an aromatic ring is 1. The second kappa shape index (κ2) is 16.1. The number of nitrogens with two attached hydrogens (primary N) is 1. The maximum Gasteiger partial charge on any atom is 0.322 e. The minimum Gasteiger partial charge on any atom is -0.490 e. The SMILES string of the molecule is CC(C)Oc1cc(NC(=O)[C@H](Cc2ccccc2)NC(=O)c2ccc(N)c(OCc3ccc(Cl)cc3)c2)ccc1C(=O)NCC(=O)O. The normalized spacial score (nSPS) is 11.3. The highest BCUT2D eigenvalue weighted by atomic mass is 35.5. The van der Waals surface area contributed by atoms with Crippen LogP contribution in [0.3, 0.4) is 0 Å². The third-order valence-corrected chi connectivity index (χ3v) is 7.00. The highest BCUT2D eigenvalue weighted by molar-refractivity contribution is 6.30. The Morgan fingerprint density at radius 2 is 1.57 bits per heavy atom. The molecule has 0 aliphatic rings. The van der Waals surface area contributed by atoms with Crippen LogP contribution in [-0.2, 0) is 22.6 Å². The van der Waals surface area contributed by atoms with Crippen molar-refractivity contribution in [2.45, 2.75) is 39.0 Å². The van der Waals surface area contributed by atoms with Crippen molar-refractivity contribution in [1.82, 2.24) is 10.6 Å². The van der Waals surface area contributed by atoms with Gasteiger partial charge in [0, 0.05) is 28.8 Å². The molecule has 1 atom stereocenters. The van der Waals surface area contributed by atoms with E-state index in [0.29, 0.717) is 22.1 Å².